The molecule has 2 aromatic rings. The summed E-state index contributed by atoms with van der Waals surface area (Å²) < 4.78 is 9.94. The Morgan fingerprint density at radius 1 is 1.15 bits per heavy atom. The number of hydrogen-bond acceptors (Lipinski definition) is 7. The first-order chi connectivity index (χ1) is 9.66. The van der Waals surface area contributed by atoms with Gasteiger partial charge in [-0.25, -0.2) is 0 Å². The smallest absolute Gasteiger partial charge is 0.323 e. The molecule has 20 heavy (non-hydrogen) atoms. The predicted octanol–water partition coefficient (Wildman–Crippen LogP) is 2.57. The maximum Gasteiger partial charge on any atom is 0.323 e. The lowest BCUT2D eigenvalue weighted by atomic mass is 10.2. The highest BCUT2D eigenvalue weighted by Crippen LogP contribution is 2.30. The molecule has 0 spiro atoms. The molecule has 0 saturated carbocycles. The van der Waals surface area contributed by atoms with Crippen molar-refractivity contribution in [2.24, 2.45) is 0 Å². The third-order valence-electron chi connectivity index (χ3n) is 2.20. The second-order valence-electron chi connectivity index (χ2n) is 3.45. The third kappa shape index (κ3) is 3.29. The van der Waals surface area contributed by atoms with Gasteiger partial charge >= 0.3 is 12.0 Å². The van der Waals surface area contributed by atoms with Crippen LogP contribution in [0.1, 0.15) is 5.56 Å². The van der Waals surface area contributed by atoms with Gasteiger partial charge in [-0.15, -0.1) is 4.98 Å². The molecule has 102 valence electrons. The van der Waals surface area contributed by atoms with Gasteiger partial charge in [0, 0.05) is 9.92 Å². The summed E-state index contributed by atoms with van der Waals surface area (Å²) in [5.74, 6) is 0. The summed E-state index contributed by atoms with van der Waals surface area (Å²) in [6, 6.07) is 7.37. The number of ether oxygens (including phenoxy) is 2. The molecule has 8 heteroatoms. The van der Waals surface area contributed by atoms with Gasteiger partial charge in [-0.1, -0.05) is 11.6 Å². The largest absolute Gasteiger partial charge is 0.467 e. The number of benzene rings is 1. The molecule has 0 aliphatic heterocycles. The lowest BCUT2D eigenvalue weighted by Gasteiger charge is -2.06. The minimum Gasteiger partial charge on any atom is -0.467 e. The van der Waals surface area contributed by atoms with E-state index in [1.807, 2.05) is 0 Å². The van der Waals surface area contributed by atoms with E-state index in [9.17, 15) is 0 Å². The van der Waals surface area contributed by atoms with E-state index >= 15 is 0 Å². The van der Waals surface area contributed by atoms with Crippen LogP contribution in [0.25, 0.3) is 0 Å². The van der Waals surface area contributed by atoms with E-state index in [1.54, 1.807) is 18.2 Å². The van der Waals surface area contributed by atoms with Crippen LogP contribution in [0, 0.1) is 11.3 Å². The number of rotatable bonds is 4. The van der Waals surface area contributed by atoms with Crippen molar-refractivity contribution in [3.8, 4) is 18.1 Å². The van der Waals surface area contributed by atoms with Crippen molar-refractivity contribution >= 4 is 23.4 Å². The second-order valence-corrected chi connectivity index (χ2v) is 4.89. The van der Waals surface area contributed by atoms with Gasteiger partial charge in [0.15, 0.2) is 0 Å². The minimum absolute atomic E-state index is 0.145. The van der Waals surface area contributed by atoms with E-state index in [2.05, 4.69) is 21.0 Å². The van der Waals surface area contributed by atoms with Crippen LogP contribution in [0.15, 0.2) is 28.3 Å². The first kappa shape index (κ1) is 14.4. The monoisotopic (exact) mass is 308 g/mol. The second kappa shape index (κ2) is 6.41. The first-order valence-electron chi connectivity index (χ1n) is 5.38. The van der Waals surface area contributed by atoms with Crippen LogP contribution < -0.4 is 9.47 Å². The molecule has 1 heterocycles. The van der Waals surface area contributed by atoms with Gasteiger partial charge in [0.2, 0.25) is 5.16 Å². The van der Waals surface area contributed by atoms with Gasteiger partial charge in [-0.3, -0.25) is 0 Å². The van der Waals surface area contributed by atoms with Gasteiger partial charge in [0.1, 0.15) is 6.07 Å². The van der Waals surface area contributed by atoms with E-state index < -0.39 is 0 Å². The van der Waals surface area contributed by atoms with Crippen molar-refractivity contribution < 1.29 is 9.47 Å². The summed E-state index contributed by atoms with van der Waals surface area (Å²) in [5, 5.41) is 9.96. The van der Waals surface area contributed by atoms with Crippen LogP contribution in [0.2, 0.25) is 5.02 Å². The molecule has 1 aromatic carbocycles. The zero-order chi connectivity index (χ0) is 14.5. The molecule has 0 aliphatic rings. The van der Waals surface area contributed by atoms with Crippen molar-refractivity contribution in [3.63, 3.8) is 0 Å². The first-order valence-corrected chi connectivity index (χ1v) is 6.57. The Morgan fingerprint density at radius 3 is 2.35 bits per heavy atom. The molecule has 0 unspecified atom stereocenters. The zero-order valence-corrected chi connectivity index (χ0v) is 12.2. The molecule has 1 aromatic heterocycles. The molecule has 2 rings (SSSR count). The number of aromatic nitrogens is 3. The third-order valence-corrected chi connectivity index (χ3v) is 3.38. The Hall–Kier alpha value is -2.04. The fourth-order valence-electron chi connectivity index (χ4n) is 1.33. The van der Waals surface area contributed by atoms with Crippen molar-refractivity contribution in [1.82, 2.24) is 15.0 Å². The van der Waals surface area contributed by atoms with Gasteiger partial charge in [-0.05, 0) is 30.0 Å². The standard InChI is InChI=1S/C12H9ClN4O2S/c1-18-10-15-11(19-2)17-12(16-10)20-9-4-3-8(13)5-7(9)6-14/h3-5H,1-2H3. The Bertz CT molecular complexity index is 653. The number of nitriles is 1. The average Bonchev–Trinajstić information content (AvgIpc) is 2.48. The zero-order valence-electron chi connectivity index (χ0n) is 10.6. The molecule has 0 bridgehead atoms. The molecule has 0 aliphatic carbocycles. The van der Waals surface area contributed by atoms with Crippen molar-refractivity contribution in [2.75, 3.05) is 14.2 Å². The van der Waals surface area contributed by atoms with Crippen LogP contribution in [0.5, 0.6) is 12.0 Å². The lowest BCUT2D eigenvalue weighted by molar-refractivity contribution is 0.332. The highest BCUT2D eigenvalue weighted by atomic mass is 35.5. The molecule has 0 saturated heterocycles. The SMILES string of the molecule is COc1nc(OC)nc(Sc2ccc(Cl)cc2C#N)n1. The Morgan fingerprint density at radius 2 is 1.80 bits per heavy atom. The maximum atomic E-state index is 9.10. The van der Waals surface area contributed by atoms with Gasteiger partial charge in [0.05, 0.1) is 19.8 Å². The topological polar surface area (TPSA) is 80.9 Å². The molecule has 6 nitrogen and oxygen atoms in total. The highest BCUT2D eigenvalue weighted by Gasteiger charge is 2.11. The number of nitrogens with zero attached hydrogens (tertiary/aromatic N) is 4. The molecule has 0 fully saturated rings. The van der Waals surface area contributed by atoms with E-state index in [0.29, 0.717) is 20.6 Å². The lowest BCUT2D eigenvalue weighted by Crippen LogP contribution is -2.00. The predicted molar refractivity (Wildman–Crippen MR) is 73.2 cm³/mol. The maximum absolute atomic E-state index is 9.10. The minimum atomic E-state index is 0.145. The summed E-state index contributed by atoms with van der Waals surface area (Å²) in [7, 11) is 2.90. The summed E-state index contributed by atoms with van der Waals surface area (Å²) in [5.41, 5.74) is 0.445. The van der Waals surface area contributed by atoms with Gasteiger partial charge < -0.3 is 9.47 Å². The van der Waals surface area contributed by atoms with Gasteiger partial charge in [-0.2, -0.15) is 15.2 Å². The van der Waals surface area contributed by atoms with E-state index in [-0.39, 0.29) is 12.0 Å². The molecule has 0 amide bonds. The fraction of sp³-hybridized carbons (Fsp3) is 0.167. The number of hydrogen-bond donors (Lipinski definition) is 0. The quantitative estimate of drug-likeness (QED) is 0.858. The average molecular weight is 309 g/mol. The van der Waals surface area contributed by atoms with E-state index in [0.717, 1.165) is 0 Å². The Balaban J connectivity index is 2.37. The van der Waals surface area contributed by atoms with Crippen LogP contribution in [-0.2, 0) is 0 Å². The summed E-state index contributed by atoms with van der Waals surface area (Å²) >= 11 is 7.06. The number of halogens is 1. The van der Waals surface area contributed by atoms with Crippen LogP contribution >= 0.6 is 23.4 Å². The Kier molecular flexibility index (Phi) is 4.61. The van der Waals surface area contributed by atoms with Crippen LogP contribution in [-0.4, -0.2) is 29.2 Å². The van der Waals surface area contributed by atoms with E-state index in [1.165, 1.54) is 26.0 Å². The fourth-order valence-corrected chi connectivity index (χ4v) is 2.29. The van der Waals surface area contributed by atoms with Crippen LogP contribution in [0.3, 0.4) is 0 Å². The Labute approximate surface area is 124 Å². The van der Waals surface area contributed by atoms with Crippen molar-refractivity contribution in [2.45, 2.75) is 10.1 Å². The molecule has 0 N–H and O–H groups in total. The molecular weight excluding hydrogens is 300 g/mol. The van der Waals surface area contributed by atoms with Crippen LogP contribution in [0.4, 0.5) is 0 Å². The van der Waals surface area contributed by atoms with E-state index in [4.69, 9.17) is 26.3 Å². The normalized spacial score (nSPS) is 9.90. The van der Waals surface area contributed by atoms with Crippen molar-refractivity contribution in [3.05, 3.63) is 28.8 Å². The summed E-state index contributed by atoms with van der Waals surface area (Å²) in [6.45, 7) is 0. The summed E-state index contributed by atoms with van der Waals surface area (Å²) in [4.78, 5) is 12.8. The molecule has 0 atom stereocenters. The molecule has 0 radical (unpaired) electrons. The number of methoxy groups -OCH3 is 2. The summed E-state index contributed by atoms with van der Waals surface area (Å²) in [6.07, 6.45) is 0. The van der Waals surface area contributed by atoms with Crippen molar-refractivity contribution in [1.29, 1.82) is 5.26 Å². The highest BCUT2D eigenvalue weighted by molar-refractivity contribution is 7.99. The molecular formula is C12H9ClN4O2S. The van der Waals surface area contributed by atoms with Gasteiger partial charge in [0.25, 0.3) is 0 Å².